The molecule has 1 amide bonds. The first-order chi connectivity index (χ1) is 15.5. The average molecular weight is 449 g/mol. The van der Waals surface area contributed by atoms with Crippen LogP contribution < -0.4 is 14.4 Å². The normalized spacial score (nSPS) is 13.6. The van der Waals surface area contributed by atoms with Crippen molar-refractivity contribution in [2.24, 2.45) is 0 Å². The SMILES string of the molecule is COc1ccc(S(=O)(=O)N2CCCc3cc(NC(=O)/C=C/c4ccccc4)ccc32)cc1. The van der Waals surface area contributed by atoms with Crippen LogP contribution in [0.4, 0.5) is 11.4 Å². The van der Waals surface area contributed by atoms with Gasteiger partial charge in [-0.15, -0.1) is 0 Å². The number of aryl methyl sites for hydroxylation is 1. The van der Waals surface area contributed by atoms with Gasteiger partial charge in [-0.05, 0) is 72.5 Å². The molecule has 7 heteroatoms. The van der Waals surface area contributed by atoms with E-state index >= 15 is 0 Å². The second-order valence-corrected chi connectivity index (χ2v) is 9.30. The van der Waals surface area contributed by atoms with Crippen molar-refractivity contribution >= 4 is 33.4 Å². The van der Waals surface area contributed by atoms with Crippen LogP contribution in [0, 0.1) is 0 Å². The number of sulfonamides is 1. The Morgan fingerprint density at radius 2 is 1.78 bits per heavy atom. The van der Waals surface area contributed by atoms with E-state index < -0.39 is 10.0 Å². The molecule has 0 unspecified atom stereocenters. The summed E-state index contributed by atoms with van der Waals surface area (Å²) in [5, 5.41) is 2.85. The van der Waals surface area contributed by atoms with Gasteiger partial charge in [0, 0.05) is 18.3 Å². The number of amides is 1. The summed E-state index contributed by atoms with van der Waals surface area (Å²) in [4.78, 5) is 12.5. The van der Waals surface area contributed by atoms with Crippen LogP contribution in [0.1, 0.15) is 17.5 Å². The number of methoxy groups -OCH3 is 1. The molecule has 0 atom stereocenters. The highest BCUT2D eigenvalue weighted by atomic mass is 32.2. The highest BCUT2D eigenvalue weighted by molar-refractivity contribution is 7.92. The summed E-state index contributed by atoms with van der Waals surface area (Å²) in [6, 6.07) is 21.3. The van der Waals surface area contributed by atoms with Crippen molar-refractivity contribution in [3.63, 3.8) is 0 Å². The molecule has 1 aliphatic rings. The van der Waals surface area contributed by atoms with Gasteiger partial charge in [0.1, 0.15) is 5.75 Å². The number of hydrogen-bond acceptors (Lipinski definition) is 4. The number of carbonyl (C=O) groups is 1. The molecule has 1 heterocycles. The van der Waals surface area contributed by atoms with Gasteiger partial charge in [0.25, 0.3) is 10.0 Å². The van der Waals surface area contributed by atoms with Crippen molar-refractivity contribution in [3.8, 4) is 5.75 Å². The van der Waals surface area contributed by atoms with E-state index in [0.717, 1.165) is 17.5 Å². The first-order valence-corrected chi connectivity index (χ1v) is 11.8. The molecule has 4 rings (SSSR count). The lowest BCUT2D eigenvalue weighted by molar-refractivity contribution is -0.111. The maximum atomic E-state index is 13.2. The molecule has 0 saturated heterocycles. The number of carbonyl (C=O) groups excluding carboxylic acids is 1. The molecular weight excluding hydrogens is 424 g/mol. The van der Waals surface area contributed by atoms with Gasteiger partial charge in [-0.2, -0.15) is 0 Å². The largest absolute Gasteiger partial charge is 0.497 e. The Hall–Kier alpha value is -3.58. The van der Waals surface area contributed by atoms with Gasteiger partial charge in [-0.25, -0.2) is 8.42 Å². The predicted octanol–water partition coefficient (Wildman–Crippen LogP) is 4.49. The van der Waals surface area contributed by atoms with Crippen molar-refractivity contribution in [3.05, 3.63) is 90.0 Å². The topological polar surface area (TPSA) is 75.7 Å². The molecule has 0 saturated carbocycles. The van der Waals surface area contributed by atoms with Crippen LogP contribution in [0.25, 0.3) is 6.08 Å². The maximum absolute atomic E-state index is 13.2. The third-order valence-electron chi connectivity index (χ3n) is 5.30. The summed E-state index contributed by atoms with van der Waals surface area (Å²) in [6.45, 7) is 0.410. The first kappa shape index (κ1) is 21.6. The average Bonchev–Trinajstić information content (AvgIpc) is 2.83. The van der Waals surface area contributed by atoms with Crippen LogP contribution in [0.3, 0.4) is 0 Å². The molecule has 3 aromatic carbocycles. The zero-order valence-corrected chi connectivity index (χ0v) is 18.5. The molecule has 0 spiro atoms. The van der Waals surface area contributed by atoms with Gasteiger partial charge >= 0.3 is 0 Å². The van der Waals surface area contributed by atoms with Crippen LogP contribution in [0.2, 0.25) is 0 Å². The Bertz CT molecular complexity index is 1240. The second-order valence-electron chi connectivity index (χ2n) is 7.43. The Morgan fingerprint density at radius 3 is 2.50 bits per heavy atom. The van der Waals surface area contributed by atoms with Crippen molar-refractivity contribution in [1.82, 2.24) is 0 Å². The Balaban J connectivity index is 1.53. The third-order valence-corrected chi connectivity index (χ3v) is 7.12. The van der Waals surface area contributed by atoms with E-state index in [9.17, 15) is 13.2 Å². The van der Waals surface area contributed by atoms with E-state index in [4.69, 9.17) is 4.74 Å². The second kappa shape index (κ2) is 9.28. The first-order valence-electron chi connectivity index (χ1n) is 10.3. The van der Waals surface area contributed by atoms with Crippen molar-refractivity contribution in [2.75, 3.05) is 23.3 Å². The highest BCUT2D eigenvalue weighted by Gasteiger charge is 2.29. The summed E-state index contributed by atoms with van der Waals surface area (Å²) in [5.74, 6) is 0.358. The number of hydrogen-bond donors (Lipinski definition) is 1. The zero-order valence-electron chi connectivity index (χ0n) is 17.7. The molecule has 6 nitrogen and oxygen atoms in total. The smallest absolute Gasteiger partial charge is 0.264 e. The van der Waals surface area contributed by atoms with Crippen LogP contribution >= 0.6 is 0 Å². The van der Waals surface area contributed by atoms with Gasteiger partial charge in [0.2, 0.25) is 5.91 Å². The number of anilines is 2. The molecule has 0 radical (unpaired) electrons. The Morgan fingerprint density at radius 1 is 1.03 bits per heavy atom. The number of rotatable bonds is 6. The lowest BCUT2D eigenvalue weighted by Crippen LogP contribution is -2.35. The molecule has 0 aromatic heterocycles. The molecule has 0 bridgehead atoms. The molecule has 1 aliphatic heterocycles. The summed E-state index contributed by atoms with van der Waals surface area (Å²) >= 11 is 0. The van der Waals surface area contributed by atoms with Crippen LogP contribution in [0.15, 0.2) is 83.8 Å². The van der Waals surface area contributed by atoms with Crippen molar-refractivity contribution < 1.29 is 17.9 Å². The molecule has 164 valence electrons. The minimum atomic E-state index is -3.70. The molecule has 1 N–H and O–H groups in total. The molecule has 3 aromatic rings. The van der Waals surface area contributed by atoms with E-state index in [-0.39, 0.29) is 10.8 Å². The number of ether oxygens (including phenoxy) is 1. The molecule has 0 aliphatic carbocycles. The number of nitrogens with one attached hydrogen (secondary N) is 1. The standard InChI is InChI=1S/C25H24N2O4S/c1-31-22-11-13-23(14-12-22)32(29,30)27-17-5-8-20-18-21(10-15-24(20)27)26-25(28)16-9-19-6-3-2-4-7-19/h2-4,6-7,9-16,18H,5,8,17H2,1H3,(H,26,28)/b16-9+. The fraction of sp³-hybridized carbons (Fsp3) is 0.160. The summed E-state index contributed by atoms with van der Waals surface area (Å²) < 4.78 is 33.0. The van der Waals surface area contributed by atoms with Gasteiger partial charge in [0.05, 0.1) is 17.7 Å². The predicted molar refractivity (Wildman–Crippen MR) is 126 cm³/mol. The minimum Gasteiger partial charge on any atom is -0.497 e. The van der Waals surface area contributed by atoms with E-state index in [1.54, 1.807) is 42.5 Å². The quantitative estimate of drug-likeness (QED) is 0.564. The van der Waals surface area contributed by atoms with Gasteiger partial charge in [0.15, 0.2) is 0 Å². The lowest BCUT2D eigenvalue weighted by Gasteiger charge is -2.31. The molecular formula is C25H24N2O4S. The van der Waals surface area contributed by atoms with Crippen molar-refractivity contribution in [2.45, 2.75) is 17.7 Å². The Kier molecular flexibility index (Phi) is 6.28. The summed E-state index contributed by atoms with van der Waals surface area (Å²) in [7, 11) is -2.16. The van der Waals surface area contributed by atoms with Gasteiger partial charge < -0.3 is 10.1 Å². The molecule has 0 fully saturated rings. The lowest BCUT2D eigenvalue weighted by atomic mass is 10.0. The van der Waals surface area contributed by atoms with Crippen molar-refractivity contribution in [1.29, 1.82) is 0 Å². The fourth-order valence-electron chi connectivity index (χ4n) is 3.68. The number of nitrogens with zero attached hydrogens (tertiary/aromatic N) is 1. The maximum Gasteiger partial charge on any atom is 0.264 e. The highest BCUT2D eigenvalue weighted by Crippen LogP contribution is 2.34. The third kappa shape index (κ3) is 4.68. The fourth-order valence-corrected chi connectivity index (χ4v) is 5.23. The monoisotopic (exact) mass is 448 g/mol. The van der Waals surface area contributed by atoms with Crippen LogP contribution in [-0.2, 0) is 21.2 Å². The summed E-state index contributed by atoms with van der Waals surface area (Å²) in [6.07, 6.45) is 4.67. The van der Waals surface area contributed by atoms with Gasteiger partial charge in [-0.3, -0.25) is 9.10 Å². The van der Waals surface area contributed by atoms with Crippen LogP contribution in [-0.4, -0.2) is 28.0 Å². The minimum absolute atomic E-state index is 0.217. The van der Waals surface area contributed by atoms with Gasteiger partial charge in [-0.1, -0.05) is 30.3 Å². The number of benzene rings is 3. The molecule has 32 heavy (non-hydrogen) atoms. The van der Waals surface area contributed by atoms with E-state index in [1.165, 1.54) is 17.5 Å². The van der Waals surface area contributed by atoms with E-state index in [0.29, 0.717) is 30.1 Å². The summed E-state index contributed by atoms with van der Waals surface area (Å²) in [5.41, 5.74) is 3.10. The zero-order chi connectivity index (χ0) is 22.6. The number of fused-ring (bicyclic) bond motifs is 1. The van der Waals surface area contributed by atoms with E-state index in [1.807, 2.05) is 36.4 Å². The van der Waals surface area contributed by atoms with E-state index in [2.05, 4.69) is 5.32 Å². The Labute approximate surface area is 188 Å². The van der Waals surface area contributed by atoms with Crippen LogP contribution in [0.5, 0.6) is 5.75 Å².